The van der Waals surface area contributed by atoms with E-state index in [2.05, 4.69) is 18.9 Å². The summed E-state index contributed by atoms with van der Waals surface area (Å²) in [5, 5.41) is 85.9. The number of nitro groups is 8. The van der Waals surface area contributed by atoms with Crippen LogP contribution >= 0.6 is 0 Å². The Hall–Kier alpha value is -5.24. The first-order valence-electron chi connectivity index (χ1n) is 8.85. The SMILES string of the molecule is O=[N+]([O-])C(F)(COC(OCC(F)([N+](=O)[O-])[N+](=O)[O-])(OCC(F)([N+](=O)[O-])[N+](=O)[O-])OCC(F)([N+](=O)[O-])[N+](=O)[O-])[N+](=O)[O-]. The van der Waals surface area contributed by atoms with E-state index >= 15 is 0 Å². The number of alkyl halides is 4. The molecule has 0 spiro atoms. The molecule has 0 aliphatic rings. The molecule has 0 rings (SSSR count). The van der Waals surface area contributed by atoms with Gasteiger partial charge in [0.15, 0.2) is 0 Å². The summed E-state index contributed by atoms with van der Waals surface area (Å²) in [5.74, 6) is -20.8. The van der Waals surface area contributed by atoms with E-state index < -0.39 is 95.6 Å². The van der Waals surface area contributed by atoms with Gasteiger partial charge in [0, 0.05) is 0 Å². The third-order valence-corrected chi connectivity index (χ3v) is 3.97. The Labute approximate surface area is 214 Å². The Balaban J connectivity index is 7.14. The molecule has 0 aromatic carbocycles. The van der Waals surface area contributed by atoms with Crippen LogP contribution in [0.3, 0.4) is 0 Å². The largest absolute Gasteiger partial charge is 0.638 e. The van der Waals surface area contributed by atoms with E-state index in [9.17, 15) is 98.5 Å². The Bertz CT molecular complexity index is 906. The maximum Gasteiger partial charge on any atom is 0.638 e. The Kier molecular flexibility index (Phi) is 10.7. The molecule has 0 aromatic heterocycles. The summed E-state index contributed by atoms with van der Waals surface area (Å²) >= 11 is 0. The van der Waals surface area contributed by atoms with Crippen LogP contribution < -0.4 is 0 Å². The van der Waals surface area contributed by atoms with Gasteiger partial charge in [-0.2, -0.15) is 0 Å². The molecule has 0 fully saturated rings. The number of hydrogen-bond acceptors (Lipinski definition) is 20. The van der Waals surface area contributed by atoms with Crippen LogP contribution in [0.4, 0.5) is 17.6 Å². The zero-order valence-corrected chi connectivity index (χ0v) is 18.6. The van der Waals surface area contributed by atoms with Crippen LogP contribution in [-0.2, 0) is 18.9 Å². The predicted molar refractivity (Wildman–Crippen MR) is 97.9 cm³/mol. The summed E-state index contributed by atoms with van der Waals surface area (Å²) < 4.78 is 72.1. The highest BCUT2D eigenvalue weighted by Gasteiger charge is 2.68. The number of nitrogens with zero attached hydrogens (tertiary/aromatic N) is 8. The van der Waals surface area contributed by atoms with Crippen LogP contribution in [-0.4, -0.2) is 95.6 Å². The van der Waals surface area contributed by atoms with Gasteiger partial charge in [0.1, 0.15) is 39.4 Å². The van der Waals surface area contributed by atoms with Gasteiger partial charge in [-0.1, -0.05) is 17.6 Å². The second-order valence-electron chi connectivity index (χ2n) is 6.59. The van der Waals surface area contributed by atoms with Crippen LogP contribution in [0.5, 0.6) is 0 Å². The molecule has 0 heterocycles. The van der Waals surface area contributed by atoms with Crippen molar-refractivity contribution in [3.8, 4) is 0 Å². The van der Waals surface area contributed by atoms with Crippen molar-refractivity contribution >= 4 is 0 Å². The number of rotatable bonds is 20. The van der Waals surface area contributed by atoms with Gasteiger partial charge in [-0.3, -0.25) is 99.9 Å². The van der Waals surface area contributed by atoms with Crippen molar-refractivity contribution in [1.29, 1.82) is 0 Å². The van der Waals surface area contributed by atoms with Gasteiger partial charge in [0.05, 0.1) is 0 Å². The molecule has 0 unspecified atom stereocenters. The average molecular weight is 624 g/mol. The molecule has 0 N–H and O–H groups in total. The molecular weight excluding hydrogens is 616 g/mol. The lowest BCUT2D eigenvalue weighted by atomic mass is 10.5. The van der Waals surface area contributed by atoms with Crippen molar-refractivity contribution in [2.75, 3.05) is 26.4 Å². The topological polar surface area (TPSA) is 382 Å². The maximum atomic E-state index is 14.2. The minimum atomic E-state index is -5.21. The van der Waals surface area contributed by atoms with Gasteiger partial charge in [-0.15, -0.1) is 0 Å². The second kappa shape index (κ2) is 12.3. The summed E-state index contributed by atoms with van der Waals surface area (Å²) in [6.07, 6.45) is -4.99. The van der Waals surface area contributed by atoms with Crippen LogP contribution in [0.1, 0.15) is 0 Å². The number of halogens is 4. The Morgan fingerprint density at radius 3 is 0.585 bits per heavy atom. The molecule has 28 nitrogen and oxygen atoms in total. The molecule has 0 atom stereocenters. The van der Waals surface area contributed by atoms with E-state index in [0.717, 1.165) is 0 Å². The smallest absolute Gasteiger partial charge is 0.284 e. The molecule has 32 heteroatoms. The standard InChI is InChI=1S/C9H8F4N8O20/c10-5(14(22)23,15(24)25)1-38-9(39-2-6(11,16(26)27)17(28)29,40-3-7(12,18(30)31)19(32)33)41-4-8(13,20(34)35)21(36)37/h1-4H2. The first-order chi connectivity index (χ1) is 18.4. The third kappa shape index (κ3) is 7.45. The summed E-state index contributed by atoms with van der Waals surface area (Å²) in [4.78, 5) is 65.9. The molecule has 41 heavy (non-hydrogen) atoms. The molecule has 232 valence electrons. The molecular formula is C9H8F4N8O20. The molecule has 0 aliphatic carbocycles. The van der Waals surface area contributed by atoms with Crippen molar-refractivity contribution in [3.63, 3.8) is 0 Å². The van der Waals surface area contributed by atoms with Gasteiger partial charge >= 0.3 is 29.8 Å². The Morgan fingerprint density at radius 2 is 0.488 bits per heavy atom. The van der Waals surface area contributed by atoms with Crippen LogP contribution in [0.2, 0.25) is 0 Å². The zero-order chi connectivity index (χ0) is 32.8. The van der Waals surface area contributed by atoms with Gasteiger partial charge < -0.3 is 0 Å². The van der Waals surface area contributed by atoms with Gasteiger partial charge in [-0.25, -0.2) is 0 Å². The quantitative estimate of drug-likeness (QED) is 0.0482. The minimum absolute atomic E-state index is 2.49. The first kappa shape index (κ1) is 35.8. The molecule has 0 bridgehead atoms. The van der Waals surface area contributed by atoms with E-state index in [-0.39, 0.29) is 0 Å². The van der Waals surface area contributed by atoms with Crippen LogP contribution in [0, 0.1) is 80.9 Å². The van der Waals surface area contributed by atoms with Gasteiger partial charge in [-0.05, 0) is 0 Å². The predicted octanol–water partition coefficient (Wildman–Crippen LogP) is -1.63. The summed E-state index contributed by atoms with van der Waals surface area (Å²) in [6.45, 7) is -11.9. The fourth-order valence-corrected chi connectivity index (χ4v) is 1.66. The lowest BCUT2D eigenvalue weighted by Gasteiger charge is -2.31. The van der Waals surface area contributed by atoms with E-state index in [4.69, 9.17) is 0 Å². The fraction of sp³-hybridized carbons (Fsp3) is 1.00. The fourth-order valence-electron chi connectivity index (χ4n) is 1.66. The molecule has 0 radical (unpaired) electrons. The minimum Gasteiger partial charge on any atom is -0.284 e. The van der Waals surface area contributed by atoms with Crippen molar-refractivity contribution in [2.45, 2.75) is 29.8 Å². The molecule has 0 aliphatic heterocycles. The molecule has 0 saturated carbocycles. The van der Waals surface area contributed by atoms with E-state index in [1.807, 2.05) is 0 Å². The zero-order valence-electron chi connectivity index (χ0n) is 18.6. The van der Waals surface area contributed by atoms with E-state index in [1.54, 1.807) is 0 Å². The first-order valence-corrected chi connectivity index (χ1v) is 8.85. The summed E-state index contributed by atoms with van der Waals surface area (Å²) in [5.41, 5.74) is 0. The summed E-state index contributed by atoms with van der Waals surface area (Å²) in [7, 11) is 0. The average Bonchev–Trinajstić information content (AvgIpc) is 2.85. The maximum absolute atomic E-state index is 14.2. The van der Waals surface area contributed by atoms with Crippen LogP contribution in [0.15, 0.2) is 0 Å². The molecule has 0 aromatic rings. The molecule has 0 amide bonds. The normalized spacial score (nSPS) is 12.8. The van der Waals surface area contributed by atoms with Gasteiger partial charge in [0.25, 0.3) is 0 Å². The highest BCUT2D eigenvalue weighted by atomic mass is 19.2. The highest BCUT2D eigenvalue weighted by Crippen LogP contribution is 2.30. The van der Waals surface area contributed by atoms with Gasteiger partial charge in [0.2, 0.25) is 26.4 Å². The van der Waals surface area contributed by atoms with Crippen molar-refractivity contribution in [1.82, 2.24) is 0 Å². The molecule has 0 saturated heterocycles. The van der Waals surface area contributed by atoms with Crippen molar-refractivity contribution < 1.29 is 75.9 Å². The van der Waals surface area contributed by atoms with Crippen molar-refractivity contribution in [3.05, 3.63) is 80.9 Å². The lowest BCUT2D eigenvalue weighted by Crippen LogP contribution is -2.58. The second-order valence-corrected chi connectivity index (χ2v) is 6.59. The van der Waals surface area contributed by atoms with E-state index in [1.165, 1.54) is 0 Å². The monoisotopic (exact) mass is 624 g/mol. The van der Waals surface area contributed by atoms with Crippen LogP contribution in [0.25, 0.3) is 0 Å². The van der Waals surface area contributed by atoms with Crippen molar-refractivity contribution in [2.24, 2.45) is 0 Å². The van der Waals surface area contributed by atoms with E-state index in [0.29, 0.717) is 0 Å². The Morgan fingerprint density at radius 1 is 0.366 bits per heavy atom. The number of ether oxygens (including phenoxy) is 4. The summed E-state index contributed by atoms with van der Waals surface area (Å²) in [6, 6.07) is 0. The highest BCUT2D eigenvalue weighted by molar-refractivity contribution is 4.61. The number of hydrogen-bond donors (Lipinski definition) is 0. The lowest BCUT2D eigenvalue weighted by molar-refractivity contribution is -0.848. The third-order valence-electron chi connectivity index (χ3n) is 3.97.